The fourth-order valence-electron chi connectivity index (χ4n) is 1.75. The number of hydrogen-bond acceptors (Lipinski definition) is 2. The number of carboxylic acid groups (broad SMARTS) is 1. The minimum atomic E-state index is -0.798. The maximum absolute atomic E-state index is 11.1. The Morgan fingerprint density at radius 3 is 2.60 bits per heavy atom. The van der Waals surface area contributed by atoms with Crippen LogP contribution in [0, 0.1) is 0 Å². The van der Waals surface area contributed by atoms with E-state index >= 15 is 0 Å². The average Bonchev–Trinajstić information content (AvgIpc) is 2.85. The molecule has 1 fully saturated rings. The maximum Gasteiger partial charge on any atom is 0.314 e. The largest absolute Gasteiger partial charge is 0.481 e. The van der Waals surface area contributed by atoms with Crippen LogP contribution in [0.5, 0.6) is 0 Å². The molecule has 15 heavy (non-hydrogen) atoms. The zero-order valence-electron chi connectivity index (χ0n) is 8.70. The van der Waals surface area contributed by atoms with E-state index in [4.69, 9.17) is 16.7 Å². The minimum absolute atomic E-state index is 0.149. The molecule has 0 aromatic carbocycles. The van der Waals surface area contributed by atoms with Gasteiger partial charge in [0, 0.05) is 11.6 Å². The second-order valence-corrected chi connectivity index (χ2v) is 4.63. The van der Waals surface area contributed by atoms with E-state index in [-0.39, 0.29) is 6.04 Å². The quantitative estimate of drug-likeness (QED) is 0.863. The Balaban J connectivity index is 2.43. The van der Waals surface area contributed by atoms with E-state index in [0.717, 1.165) is 0 Å². The summed E-state index contributed by atoms with van der Waals surface area (Å²) < 4.78 is 1.65. The van der Waals surface area contributed by atoms with Crippen molar-refractivity contribution in [3.63, 3.8) is 0 Å². The smallest absolute Gasteiger partial charge is 0.314 e. The lowest BCUT2D eigenvalue weighted by Gasteiger charge is -2.10. The summed E-state index contributed by atoms with van der Waals surface area (Å²) in [5.41, 5.74) is -0.102. The highest BCUT2D eigenvalue weighted by Crippen LogP contribution is 2.50. The molecular weight excluding hydrogens is 216 g/mol. The van der Waals surface area contributed by atoms with Crippen LogP contribution in [0.4, 0.5) is 0 Å². The van der Waals surface area contributed by atoms with Crippen molar-refractivity contribution >= 4 is 17.6 Å². The molecule has 0 unspecified atom stereocenters. The molecule has 0 amide bonds. The highest BCUT2D eigenvalue weighted by atomic mass is 35.5. The molecule has 2 rings (SSSR count). The van der Waals surface area contributed by atoms with Crippen molar-refractivity contribution in [2.24, 2.45) is 0 Å². The van der Waals surface area contributed by atoms with E-state index in [2.05, 4.69) is 5.10 Å². The Kier molecular flexibility index (Phi) is 2.26. The normalized spacial score (nSPS) is 18.1. The number of carboxylic acids is 1. The van der Waals surface area contributed by atoms with Crippen LogP contribution in [0.3, 0.4) is 0 Å². The van der Waals surface area contributed by atoms with Crippen LogP contribution in [0.15, 0.2) is 6.20 Å². The lowest BCUT2D eigenvalue weighted by atomic mass is 10.0. The van der Waals surface area contributed by atoms with Crippen LogP contribution in [0.25, 0.3) is 0 Å². The highest BCUT2D eigenvalue weighted by molar-refractivity contribution is 6.30. The molecule has 1 aliphatic carbocycles. The summed E-state index contributed by atoms with van der Waals surface area (Å²) in [7, 11) is 0. The fraction of sp³-hybridized carbons (Fsp3) is 0.600. The lowest BCUT2D eigenvalue weighted by molar-refractivity contribution is -0.140. The van der Waals surface area contributed by atoms with Crippen LogP contribution in [-0.2, 0) is 10.2 Å². The van der Waals surface area contributed by atoms with E-state index in [1.54, 1.807) is 10.9 Å². The average molecular weight is 229 g/mol. The Labute approximate surface area is 92.8 Å². The Morgan fingerprint density at radius 1 is 1.67 bits per heavy atom. The summed E-state index contributed by atoms with van der Waals surface area (Å²) in [6.07, 6.45) is 2.90. The number of rotatable bonds is 3. The van der Waals surface area contributed by atoms with Gasteiger partial charge < -0.3 is 5.11 Å². The van der Waals surface area contributed by atoms with Crippen molar-refractivity contribution in [1.82, 2.24) is 9.78 Å². The van der Waals surface area contributed by atoms with E-state index in [1.165, 1.54) is 0 Å². The van der Waals surface area contributed by atoms with Crippen LogP contribution in [0.2, 0.25) is 5.15 Å². The number of carbonyl (C=O) groups is 1. The maximum atomic E-state index is 11.1. The molecule has 82 valence electrons. The SMILES string of the molecule is CC(C)n1ncc(C2(C(=O)O)CC2)c1Cl. The van der Waals surface area contributed by atoms with Gasteiger partial charge in [-0.05, 0) is 26.7 Å². The van der Waals surface area contributed by atoms with Crippen molar-refractivity contribution < 1.29 is 9.90 Å². The summed E-state index contributed by atoms with van der Waals surface area (Å²) >= 11 is 6.13. The first kappa shape index (κ1) is 10.5. The molecule has 0 radical (unpaired) electrons. The van der Waals surface area contributed by atoms with Gasteiger partial charge in [0.25, 0.3) is 0 Å². The van der Waals surface area contributed by atoms with Crippen LogP contribution in [-0.4, -0.2) is 20.9 Å². The summed E-state index contributed by atoms with van der Waals surface area (Å²) in [4.78, 5) is 11.1. The van der Waals surface area contributed by atoms with Crippen LogP contribution < -0.4 is 0 Å². The molecule has 0 atom stereocenters. The predicted molar refractivity (Wildman–Crippen MR) is 56.2 cm³/mol. The molecular formula is C10H13ClN2O2. The van der Waals surface area contributed by atoms with Gasteiger partial charge in [-0.25, -0.2) is 0 Å². The van der Waals surface area contributed by atoms with Gasteiger partial charge in [-0.3, -0.25) is 9.48 Å². The summed E-state index contributed by atoms with van der Waals surface area (Å²) in [6.45, 7) is 3.92. The van der Waals surface area contributed by atoms with Crippen molar-refractivity contribution in [2.75, 3.05) is 0 Å². The molecule has 4 nitrogen and oxygen atoms in total. The first-order valence-corrected chi connectivity index (χ1v) is 5.34. The van der Waals surface area contributed by atoms with Gasteiger partial charge in [-0.2, -0.15) is 5.10 Å². The van der Waals surface area contributed by atoms with Gasteiger partial charge >= 0.3 is 5.97 Å². The first-order chi connectivity index (χ1) is 6.99. The molecule has 5 heteroatoms. The standard InChI is InChI=1S/C10H13ClN2O2/c1-6(2)13-8(11)7(5-12-13)10(3-4-10)9(14)15/h5-6H,3-4H2,1-2H3,(H,14,15). The topological polar surface area (TPSA) is 55.1 Å². The molecule has 1 aromatic heterocycles. The summed E-state index contributed by atoms with van der Waals surface area (Å²) in [6, 6.07) is 0.149. The van der Waals surface area contributed by atoms with Gasteiger partial charge in [-0.1, -0.05) is 11.6 Å². The Bertz CT molecular complexity index is 408. The second kappa shape index (κ2) is 3.23. The summed E-state index contributed by atoms with van der Waals surface area (Å²) in [5.74, 6) is -0.798. The fourth-order valence-corrected chi connectivity index (χ4v) is 2.22. The van der Waals surface area contributed by atoms with Gasteiger partial charge in [-0.15, -0.1) is 0 Å². The molecule has 0 saturated heterocycles. The molecule has 1 aromatic rings. The van der Waals surface area contributed by atoms with Crippen molar-refractivity contribution in [2.45, 2.75) is 38.1 Å². The van der Waals surface area contributed by atoms with Gasteiger partial charge in [0.15, 0.2) is 0 Å². The van der Waals surface area contributed by atoms with Gasteiger partial charge in [0.05, 0.1) is 11.6 Å². The third-order valence-electron chi connectivity index (χ3n) is 2.90. The van der Waals surface area contributed by atoms with Gasteiger partial charge in [0.2, 0.25) is 0 Å². The number of halogens is 1. The second-order valence-electron chi connectivity index (χ2n) is 4.27. The molecule has 0 spiro atoms. The number of aromatic nitrogens is 2. The van der Waals surface area contributed by atoms with Crippen LogP contribution >= 0.6 is 11.6 Å². The van der Waals surface area contributed by atoms with E-state index in [0.29, 0.717) is 23.6 Å². The Morgan fingerprint density at radius 2 is 2.27 bits per heavy atom. The van der Waals surface area contributed by atoms with Crippen molar-refractivity contribution in [1.29, 1.82) is 0 Å². The highest BCUT2D eigenvalue weighted by Gasteiger charge is 2.54. The van der Waals surface area contributed by atoms with Crippen molar-refractivity contribution in [3.05, 3.63) is 16.9 Å². The van der Waals surface area contributed by atoms with E-state index < -0.39 is 11.4 Å². The molecule has 1 saturated carbocycles. The molecule has 0 bridgehead atoms. The van der Waals surface area contributed by atoms with Crippen molar-refractivity contribution in [3.8, 4) is 0 Å². The first-order valence-electron chi connectivity index (χ1n) is 4.96. The third-order valence-corrected chi connectivity index (χ3v) is 3.28. The molecule has 1 N–H and O–H groups in total. The third kappa shape index (κ3) is 1.44. The zero-order valence-corrected chi connectivity index (χ0v) is 9.45. The number of aliphatic carboxylic acids is 1. The predicted octanol–water partition coefficient (Wildman–Crippen LogP) is 2.23. The lowest BCUT2D eigenvalue weighted by Crippen LogP contribution is -2.19. The Hall–Kier alpha value is -1.03. The number of nitrogens with zero attached hydrogens (tertiary/aromatic N) is 2. The van der Waals surface area contributed by atoms with E-state index in [9.17, 15) is 4.79 Å². The van der Waals surface area contributed by atoms with Gasteiger partial charge in [0.1, 0.15) is 5.15 Å². The minimum Gasteiger partial charge on any atom is -0.481 e. The number of hydrogen-bond donors (Lipinski definition) is 1. The zero-order chi connectivity index (χ0) is 11.2. The molecule has 0 aliphatic heterocycles. The molecule has 1 heterocycles. The monoisotopic (exact) mass is 228 g/mol. The van der Waals surface area contributed by atoms with Crippen LogP contribution in [0.1, 0.15) is 38.3 Å². The molecule has 1 aliphatic rings. The van der Waals surface area contributed by atoms with E-state index in [1.807, 2.05) is 13.8 Å². The summed E-state index contributed by atoms with van der Waals surface area (Å²) in [5, 5.41) is 13.7.